The zero-order valence-electron chi connectivity index (χ0n) is 5.65. The summed E-state index contributed by atoms with van der Waals surface area (Å²) < 4.78 is 0. The maximum atomic E-state index is 4.00. The van der Waals surface area contributed by atoms with E-state index in [4.69, 9.17) is 0 Å². The Bertz CT molecular complexity index is 44.8. The van der Waals surface area contributed by atoms with Crippen LogP contribution in [0.15, 0.2) is 0 Å². The summed E-state index contributed by atoms with van der Waals surface area (Å²) in [6, 6.07) is 0. The number of rotatable bonds is 0. The van der Waals surface area contributed by atoms with Crippen molar-refractivity contribution in [1.29, 1.82) is 0 Å². The van der Waals surface area contributed by atoms with Crippen molar-refractivity contribution in [2.24, 2.45) is 0 Å². The Morgan fingerprint density at radius 3 is 1.14 bits per heavy atom. The predicted octanol–water partition coefficient (Wildman–Crippen LogP) is 1.24. The Kier molecular flexibility index (Phi) is 6.72. The molecule has 0 saturated heterocycles. The number of terminal acetylenes is 1. The third-order valence-electron chi connectivity index (χ3n) is 0. The molecule has 0 saturated carbocycles. The fraction of sp³-hybridized carbons (Fsp3) is 0.600. The van der Waals surface area contributed by atoms with Crippen molar-refractivity contribution in [2.45, 2.75) is 19.6 Å². The van der Waals surface area contributed by atoms with Crippen LogP contribution >= 0.6 is 0 Å². The molecule has 36 valence electrons. The normalized spacial score (nSPS) is 9.00. The van der Waals surface area contributed by atoms with Crippen molar-refractivity contribution in [2.75, 3.05) is 0 Å². The second-order valence-electron chi connectivity index (χ2n) is 3.00. The zero-order chi connectivity index (χ0) is 6.50. The van der Waals surface area contributed by atoms with Gasteiger partial charge in [0.2, 0.25) is 0 Å². The fourth-order valence-electron chi connectivity index (χ4n) is 0. The molecule has 2 heteroatoms. The van der Waals surface area contributed by atoms with Gasteiger partial charge in [-0.2, -0.15) is 0 Å². The average Bonchev–Trinajstić information content (AvgIpc) is 1.36. The summed E-state index contributed by atoms with van der Waals surface area (Å²) in [6.45, 7) is 6.98. The van der Waals surface area contributed by atoms with Crippen LogP contribution < -0.4 is 0 Å². The summed E-state index contributed by atoms with van der Waals surface area (Å²) >= 11 is 2.33. The molecule has 0 aliphatic rings. The molecule has 0 nitrogen and oxygen atoms in total. The zero-order valence-corrected chi connectivity index (χ0v) is 6.65. The molecular weight excluding hydrogens is 95.1 g/mol. The molecule has 0 aliphatic carbocycles. The summed E-state index contributed by atoms with van der Waals surface area (Å²) in [6.07, 6.45) is 7.39. The Labute approximate surface area is 56.3 Å². The summed E-state index contributed by atoms with van der Waals surface area (Å²) in [5, 5.41) is 0. The predicted molar refractivity (Wildman–Crippen MR) is 39.0 cm³/mol. The quantitative estimate of drug-likeness (QED) is 0.322. The van der Waals surface area contributed by atoms with Crippen LogP contribution in [-0.4, -0.2) is 23.4 Å². The first-order chi connectivity index (χ1) is 3.00. The molecule has 0 bridgehead atoms. The van der Waals surface area contributed by atoms with Gasteiger partial charge < -0.3 is 0 Å². The van der Waals surface area contributed by atoms with E-state index in [2.05, 4.69) is 49.5 Å². The van der Waals surface area contributed by atoms with Gasteiger partial charge in [0.15, 0.2) is 0 Å². The molecule has 0 spiro atoms. The molecule has 0 radical (unpaired) electrons. The van der Waals surface area contributed by atoms with E-state index in [-0.39, 0.29) is 0 Å². The van der Waals surface area contributed by atoms with Gasteiger partial charge in [0, 0.05) is 0 Å². The second kappa shape index (κ2) is 4.53. The Morgan fingerprint density at radius 2 is 1.14 bits per heavy atom. The van der Waals surface area contributed by atoms with Crippen LogP contribution in [0.25, 0.3) is 0 Å². The number of hydrogen-bond acceptors (Lipinski definition) is 0. The van der Waals surface area contributed by atoms with Crippen LogP contribution in [0.4, 0.5) is 0 Å². The third-order valence-corrected chi connectivity index (χ3v) is 0. The third kappa shape index (κ3) is 871. The summed E-state index contributed by atoms with van der Waals surface area (Å²) in [5.41, 5.74) is 0. The molecule has 0 heterocycles. The topological polar surface area (TPSA) is 0 Å². The molecule has 0 fully saturated rings. The van der Waals surface area contributed by atoms with E-state index in [9.17, 15) is 0 Å². The van der Waals surface area contributed by atoms with Gasteiger partial charge in [-0.1, -0.05) is 0 Å². The molecule has 0 aliphatic heterocycles. The van der Waals surface area contributed by atoms with Crippen molar-refractivity contribution >= 4 is 23.4 Å². The van der Waals surface area contributed by atoms with Crippen molar-refractivity contribution in [1.82, 2.24) is 0 Å². The van der Waals surface area contributed by atoms with E-state index < -0.39 is 6.40 Å². The van der Waals surface area contributed by atoms with Crippen molar-refractivity contribution in [3.8, 4) is 12.8 Å². The van der Waals surface area contributed by atoms with Crippen LogP contribution in [0.3, 0.4) is 0 Å². The fourth-order valence-corrected chi connectivity index (χ4v) is 0. The first-order valence-electron chi connectivity index (χ1n) is 2.33. The maximum absolute atomic E-state index is 4.00. The van der Waals surface area contributed by atoms with Crippen molar-refractivity contribution in [3.63, 3.8) is 0 Å². The Hall–Kier alpha value is 0.374. The molecule has 0 rings (SSSR count). The van der Waals surface area contributed by atoms with E-state index in [0.717, 1.165) is 0 Å². The molecule has 0 amide bonds. The van der Waals surface area contributed by atoms with E-state index in [1.54, 1.807) is 0 Å². The van der Waals surface area contributed by atoms with E-state index >= 15 is 0 Å². The second-order valence-corrected chi connectivity index (χ2v) is 9.00. The molecule has 0 atom stereocenters. The van der Waals surface area contributed by atoms with Crippen LogP contribution in [0, 0.1) is 12.8 Å². The summed E-state index contributed by atoms with van der Waals surface area (Å²) in [4.78, 5) is 0. The van der Waals surface area contributed by atoms with Gasteiger partial charge in [0.1, 0.15) is 0 Å². The van der Waals surface area contributed by atoms with Gasteiger partial charge in [-0.25, -0.2) is 0 Å². The summed E-state index contributed by atoms with van der Waals surface area (Å²) in [5.74, 6) is 0. The molecule has 0 N–H and O–H groups in total. The van der Waals surface area contributed by atoms with Crippen LogP contribution in [-0.2, 0) is 0 Å². The standard InChI is InChI=1S/C3H9Si.C2H2.Li/c1-4(2)3;1-2;/h1-3H3;1-2H;. The molecule has 0 aromatic carbocycles. The van der Waals surface area contributed by atoms with E-state index in [1.165, 1.54) is 0 Å². The van der Waals surface area contributed by atoms with E-state index in [1.807, 2.05) is 0 Å². The van der Waals surface area contributed by atoms with Gasteiger partial charge >= 0.3 is 43.1 Å². The first-order valence-corrected chi connectivity index (χ1v) is 6.33. The van der Waals surface area contributed by atoms with Gasteiger partial charge in [-0.3, -0.25) is 0 Å². The molecule has 7 heavy (non-hydrogen) atoms. The molecule has 0 aromatic rings. The average molecular weight is 106 g/mol. The Morgan fingerprint density at radius 1 is 1.14 bits per heavy atom. The first kappa shape index (κ1) is 10.4. The minimum absolute atomic E-state index is 0.611. The van der Waals surface area contributed by atoms with Crippen molar-refractivity contribution < 1.29 is 0 Å². The van der Waals surface area contributed by atoms with Crippen LogP contribution in [0.2, 0.25) is 19.6 Å². The van der Waals surface area contributed by atoms with Gasteiger partial charge in [-0.15, -0.1) is 12.8 Å². The number of hydrogen-bond donors (Lipinski definition) is 0. The monoisotopic (exact) mass is 106 g/mol. The van der Waals surface area contributed by atoms with Gasteiger partial charge in [-0.05, 0) is 0 Å². The molecule has 0 unspecified atom stereocenters. The van der Waals surface area contributed by atoms with Crippen LogP contribution in [0.1, 0.15) is 0 Å². The minimum atomic E-state index is -0.611. The van der Waals surface area contributed by atoms with Gasteiger partial charge in [0.05, 0.1) is 0 Å². The van der Waals surface area contributed by atoms with Crippen molar-refractivity contribution in [3.05, 3.63) is 0 Å². The molecular formula is C5H11LiSi. The SMILES string of the molecule is C#C.[Li][Si](C)(C)C. The Balaban J connectivity index is 0. The summed E-state index contributed by atoms with van der Waals surface area (Å²) in [7, 11) is 0. The van der Waals surface area contributed by atoms with Gasteiger partial charge in [0.25, 0.3) is 0 Å². The van der Waals surface area contributed by atoms with E-state index in [0.29, 0.717) is 0 Å². The van der Waals surface area contributed by atoms with Crippen LogP contribution in [0.5, 0.6) is 0 Å². The molecule has 0 aromatic heterocycles.